The van der Waals surface area contributed by atoms with Crippen LogP contribution in [0.1, 0.15) is 16.7 Å². The minimum absolute atomic E-state index is 0.360. The van der Waals surface area contributed by atoms with Crippen molar-refractivity contribution in [3.8, 4) is 0 Å². The molecule has 0 amide bonds. The van der Waals surface area contributed by atoms with Gasteiger partial charge in [0.25, 0.3) is 0 Å². The summed E-state index contributed by atoms with van der Waals surface area (Å²) < 4.78 is 0. The summed E-state index contributed by atoms with van der Waals surface area (Å²) in [7, 11) is 0. The van der Waals surface area contributed by atoms with Gasteiger partial charge in [-0.3, -0.25) is 5.32 Å². The number of alkyl halides is 1. The molecule has 0 aliphatic rings. The van der Waals surface area contributed by atoms with Gasteiger partial charge < -0.3 is 0 Å². The standard InChI is InChI=1S/C20H18ClN/c21-16-22-20(17-10-4-1-5-11-17,18-12-6-2-7-13-18)19-14-8-3-9-15-19/h1-15,22H,16H2. The second kappa shape index (κ2) is 6.78. The van der Waals surface area contributed by atoms with Crippen LogP contribution in [0.2, 0.25) is 0 Å². The maximum absolute atomic E-state index is 6.12. The molecular formula is C20H18ClN. The van der Waals surface area contributed by atoms with Crippen molar-refractivity contribution < 1.29 is 0 Å². The van der Waals surface area contributed by atoms with E-state index in [9.17, 15) is 0 Å². The molecule has 0 unspecified atom stereocenters. The smallest absolute Gasteiger partial charge is 0.0957 e. The zero-order valence-corrected chi connectivity index (χ0v) is 13.0. The van der Waals surface area contributed by atoms with E-state index in [0.29, 0.717) is 6.00 Å². The third-order valence-electron chi connectivity index (χ3n) is 3.95. The van der Waals surface area contributed by atoms with Crippen LogP contribution < -0.4 is 5.32 Å². The van der Waals surface area contributed by atoms with Crippen LogP contribution in [-0.2, 0) is 5.54 Å². The molecule has 3 aromatic carbocycles. The van der Waals surface area contributed by atoms with Crippen LogP contribution in [0.3, 0.4) is 0 Å². The van der Waals surface area contributed by atoms with E-state index in [1.165, 1.54) is 16.7 Å². The number of nitrogens with one attached hydrogen (secondary N) is 1. The first kappa shape index (κ1) is 14.8. The maximum Gasteiger partial charge on any atom is 0.0957 e. The van der Waals surface area contributed by atoms with Crippen molar-refractivity contribution in [2.75, 3.05) is 6.00 Å². The molecule has 0 aromatic heterocycles. The summed E-state index contributed by atoms with van der Waals surface area (Å²) >= 11 is 6.12. The van der Waals surface area contributed by atoms with E-state index in [4.69, 9.17) is 11.6 Å². The lowest BCUT2D eigenvalue weighted by molar-refractivity contribution is 0.513. The quantitative estimate of drug-likeness (QED) is 0.407. The molecule has 0 saturated carbocycles. The fourth-order valence-electron chi connectivity index (χ4n) is 2.97. The van der Waals surface area contributed by atoms with Gasteiger partial charge in [-0.1, -0.05) is 91.0 Å². The van der Waals surface area contributed by atoms with Gasteiger partial charge in [-0.2, -0.15) is 0 Å². The fraction of sp³-hybridized carbons (Fsp3) is 0.100. The molecule has 1 nitrogen and oxygen atoms in total. The minimum Gasteiger partial charge on any atom is -0.287 e. The Labute approximate surface area is 136 Å². The lowest BCUT2D eigenvalue weighted by atomic mass is 9.77. The molecule has 0 bridgehead atoms. The second-order valence-electron chi connectivity index (χ2n) is 5.16. The topological polar surface area (TPSA) is 12.0 Å². The summed E-state index contributed by atoms with van der Waals surface area (Å²) in [5, 5.41) is 3.51. The Morgan fingerprint density at radius 2 is 0.909 bits per heavy atom. The number of halogens is 1. The van der Waals surface area contributed by atoms with Gasteiger partial charge in [0.15, 0.2) is 0 Å². The predicted octanol–water partition coefficient (Wildman–Crippen LogP) is 4.76. The van der Waals surface area contributed by atoms with Gasteiger partial charge >= 0.3 is 0 Å². The van der Waals surface area contributed by atoms with Gasteiger partial charge in [0.1, 0.15) is 0 Å². The van der Waals surface area contributed by atoms with E-state index in [2.05, 4.69) is 78.1 Å². The normalized spacial score (nSPS) is 11.3. The van der Waals surface area contributed by atoms with E-state index in [-0.39, 0.29) is 0 Å². The first-order chi connectivity index (χ1) is 10.9. The number of benzene rings is 3. The Hall–Kier alpha value is -2.09. The highest BCUT2D eigenvalue weighted by molar-refractivity contribution is 6.17. The summed E-state index contributed by atoms with van der Waals surface area (Å²) in [5.41, 5.74) is 3.07. The average molecular weight is 308 g/mol. The Bertz CT molecular complexity index is 599. The monoisotopic (exact) mass is 307 g/mol. The molecule has 0 aliphatic carbocycles. The Kier molecular flexibility index (Phi) is 4.57. The molecular weight excluding hydrogens is 290 g/mol. The van der Waals surface area contributed by atoms with E-state index in [1.54, 1.807) is 0 Å². The van der Waals surface area contributed by atoms with E-state index in [0.717, 1.165) is 0 Å². The molecule has 3 rings (SSSR count). The third kappa shape index (κ3) is 2.66. The molecule has 3 aromatic rings. The van der Waals surface area contributed by atoms with Gasteiger partial charge in [-0.15, -0.1) is 11.6 Å². The Morgan fingerprint density at radius 3 is 1.18 bits per heavy atom. The van der Waals surface area contributed by atoms with E-state index < -0.39 is 5.54 Å². The molecule has 0 atom stereocenters. The number of hydrogen-bond donors (Lipinski definition) is 1. The first-order valence-corrected chi connectivity index (χ1v) is 7.89. The third-order valence-corrected chi connectivity index (χ3v) is 4.09. The number of hydrogen-bond acceptors (Lipinski definition) is 1. The lowest BCUT2D eigenvalue weighted by Gasteiger charge is -2.36. The highest BCUT2D eigenvalue weighted by Crippen LogP contribution is 2.36. The van der Waals surface area contributed by atoms with Crippen LogP contribution in [0.5, 0.6) is 0 Å². The van der Waals surface area contributed by atoms with Crippen LogP contribution >= 0.6 is 11.6 Å². The summed E-state index contributed by atoms with van der Waals surface area (Å²) in [5.74, 6) is 0. The highest BCUT2D eigenvalue weighted by Gasteiger charge is 2.35. The molecule has 1 N–H and O–H groups in total. The maximum atomic E-state index is 6.12. The van der Waals surface area contributed by atoms with Gasteiger partial charge in [0, 0.05) is 0 Å². The largest absolute Gasteiger partial charge is 0.287 e. The van der Waals surface area contributed by atoms with Gasteiger partial charge in [-0.25, -0.2) is 0 Å². The van der Waals surface area contributed by atoms with Crippen molar-refractivity contribution in [1.82, 2.24) is 5.32 Å². The molecule has 0 heterocycles. The molecule has 110 valence electrons. The summed E-state index contributed by atoms with van der Waals surface area (Å²) in [6.07, 6.45) is 0. The molecule has 22 heavy (non-hydrogen) atoms. The van der Waals surface area contributed by atoms with Crippen molar-refractivity contribution in [2.45, 2.75) is 5.54 Å². The zero-order chi connectivity index (χ0) is 15.3. The molecule has 0 aliphatic heterocycles. The van der Waals surface area contributed by atoms with Gasteiger partial charge in [0.2, 0.25) is 0 Å². The predicted molar refractivity (Wildman–Crippen MR) is 93.1 cm³/mol. The molecule has 2 heteroatoms. The first-order valence-electron chi connectivity index (χ1n) is 7.35. The lowest BCUT2D eigenvalue weighted by Crippen LogP contribution is -2.44. The second-order valence-corrected chi connectivity index (χ2v) is 5.43. The van der Waals surface area contributed by atoms with Crippen LogP contribution in [0.15, 0.2) is 91.0 Å². The van der Waals surface area contributed by atoms with Crippen molar-refractivity contribution in [3.63, 3.8) is 0 Å². The summed E-state index contributed by atoms with van der Waals surface area (Å²) in [6.45, 7) is 0. The summed E-state index contributed by atoms with van der Waals surface area (Å²) in [6, 6.07) is 31.7. The van der Waals surface area contributed by atoms with E-state index >= 15 is 0 Å². The van der Waals surface area contributed by atoms with Crippen LogP contribution in [-0.4, -0.2) is 6.00 Å². The van der Waals surface area contributed by atoms with Crippen LogP contribution in [0.4, 0.5) is 0 Å². The molecule has 0 radical (unpaired) electrons. The van der Waals surface area contributed by atoms with Gasteiger partial charge in [0.05, 0.1) is 11.5 Å². The number of rotatable bonds is 5. The minimum atomic E-state index is -0.453. The zero-order valence-electron chi connectivity index (χ0n) is 12.2. The van der Waals surface area contributed by atoms with Crippen molar-refractivity contribution in [1.29, 1.82) is 0 Å². The van der Waals surface area contributed by atoms with Crippen LogP contribution in [0.25, 0.3) is 0 Å². The van der Waals surface area contributed by atoms with E-state index in [1.807, 2.05) is 18.2 Å². The van der Waals surface area contributed by atoms with Crippen LogP contribution in [0, 0.1) is 0 Å². The van der Waals surface area contributed by atoms with Crippen molar-refractivity contribution >= 4 is 11.6 Å². The highest BCUT2D eigenvalue weighted by atomic mass is 35.5. The molecule has 0 fully saturated rings. The molecule has 0 spiro atoms. The van der Waals surface area contributed by atoms with Gasteiger partial charge in [-0.05, 0) is 16.7 Å². The summed E-state index contributed by atoms with van der Waals surface area (Å²) in [4.78, 5) is 0. The Morgan fingerprint density at radius 1 is 0.591 bits per heavy atom. The average Bonchev–Trinajstić information content (AvgIpc) is 2.62. The molecule has 0 saturated heterocycles. The Balaban J connectivity index is 2.29. The SMILES string of the molecule is ClCNC(c1ccccc1)(c1ccccc1)c1ccccc1. The fourth-order valence-corrected chi connectivity index (χ4v) is 3.17. The van der Waals surface area contributed by atoms with Crippen molar-refractivity contribution in [2.24, 2.45) is 0 Å². The van der Waals surface area contributed by atoms with Crippen molar-refractivity contribution in [3.05, 3.63) is 108 Å².